The largest absolute Gasteiger partial charge is 0.486 e. The topological polar surface area (TPSA) is 80.3 Å². The number of pyridine rings is 1. The number of halogens is 1. The number of anilines is 1. The number of hydrogen-bond donors (Lipinski definition) is 2. The first-order valence-electron chi connectivity index (χ1n) is 9.63. The number of rotatable bonds is 7. The molecule has 7 heteroatoms. The molecule has 1 fully saturated rings. The van der Waals surface area contributed by atoms with Gasteiger partial charge in [0.25, 0.3) is 0 Å². The van der Waals surface area contributed by atoms with Crippen LogP contribution in [0.2, 0.25) is 5.02 Å². The van der Waals surface area contributed by atoms with Crippen LogP contribution in [0.25, 0.3) is 0 Å². The van der Waals surface area contributed by atoms with E-state index in [9.17, 15) is 9.59 Å². The van der Waals surface area contributed by atoms with Crippen LogP contribution in [0.1, 0.15) is 31.4 Å². The van der Waals surface area contributed by atoms with E-state index in [4.69, 9.17) is 16.3 Å². The van der Waals surface area contributed by atoms with Crippen LogP contribution in [-0.2, 0) is 16.2 Å². The average Bonchev–Trinajstić information content (AvgIpc) is 2.74. The Morgan fingerprint density at radius 1 is 1.24 bits per heavy atom. The minimum absolute atomic E-state index is 0.128. The summed E-state index contributed by atoms with van der Waals surface area (Å²) >= 11 is 6.32. The van der Waals surface area contributed by atoms with Crippen molar-refractivity contribution in [2.24, 2.45) is 5.92 Å². The Labute approximate surface area is 175 Å². The van der Waals surface area contributed by atoms with Crippen molar-refractivity contribution >= 4 is 29.1 Å². The minimum atomic E-state index is -0.286. The highest BCUT2D eigenvalue weighted by Gasteiger charge is 2.31. The van der Waals surface area contributed by atoms with Gasteiger partial charge < -0.3 is 15.4 Å². The van der Waals surface area contributed by atoms with E-state index in [1.54, 1.807) is 24.4 Å². The molecule has 0 unspecified atom stereocenters. The molecule has 3 rings (SSSR count). The summed E-state index contributed by atoms with van der Waals surface area (Å²) in [4.78, 5) is 28.6. The Morgan fingerprint density at radius 3 is 2.79 bits per heavy atom. The second-order valence-electron chi connectivity index (χ2n) is 6.95. The molecule has 2 N–H and O–H groups in total. The summed E-state index contributed by atoms with van der Waals surface area (Å²) in [6.07, 6.45) is 6.38. The Kier molecular flexibility index (Phi) is 7.25. The number of aromatic nitrogens is 1. The molecule has 0 bridgehead atoms. The second kappa shape index (κ2) is 10.1. The quantitative estimate of drug-likeness (QED) is 0.669. The van der Waals surface area contributed by atoms with Crippen LogP contribution < -0.4 is 15.4 Å². The van der Waals surface area contributed by atoms with E-state index >= 15 is 0 Å². The first kappa shape index (κ1) is 20.9. The lowest BCUT2D eigenvalue weighted by Gasteiger charge is -2.31. The molecule has 2 atom stereocenters. The van der Waals surface area contributed by atoms with Crippen molar-refractivity contribution in [3.8, 4) is 5.75 Å². The zero-order valence-corrected chi connectivity index (χ0v) is 16.8. The van der Waals surface area contributed by atoms with Crippen molar-refractivity contribution in [1.82, 2.24) is 10.3 Å². The average molecular weight is 414 g/mol. The monoisotopic (exact) mass is 413 g/mol. The van der Waals surface area contributed by atoms with E-state index in [1.165, 1.54) is 6.08 Å². The Bertz CT molecular complexity index is 873. The van der Waals surface area contributed by atoms with Crippen LogP contribution in [0.4, 0.5) is 5.69 Å². The molecule has 0 radical (unpaired) electrons. The second-order valence-corrected chi connectivity index (χ2v) is 7.36. The van der Waals surface area contributed by atoms with E-state index in [2.05, 4.69) is 22.2 Å². The summed E-state index contributed by atoms with van der Waals surface area (Å²) < 4.78 is 5.71. The van der Waals surface area contributed by atoms with E-state index < -0.39 is 0 Å². The predicted octanol–water partition coefficient (Wildman–Crippen LogP) is 4.11. The van der Waals surface area contributed by atoms with Gasteiger partial charge in [0, 0.05) is 17.9 Å². The zero-order chi connectivity index (χ0) is 20.6. The van der Waals surface area contributed by atoms with E-state index in [-0.39, 0.29) is 23.8 Å². The third-order valence-corrected chi connectivity index (χ3v) is 5.21. The number of hydrogen-bond acceptors (Lipinski definition) is 4. The molecule has 0 spiro atoms. The van der Waals surface area contributed by atoms with Gasteiger partial charge >= 0.3 is 0 Å². The zero-order valence-electron chi connectivity index (χ0n) is 16.1. The molecule has 1 aliphatic carbocycles. The number of amides is 2. The SMILES string of the molecule is C=CC(=O)N[C@@H]1CCCC[C@@H]1C(=O)Nc1ccc(OCc2ccccn2)c(Cl)c1. The lowest BCUT2D eigenvalue weighted by Crippen LogP contribution is -2.46. The molecule has 1 aromatic carbocycles. The maximum absolute atomic E-state index is 12.8. The number of benzene rings is 1. The maximum Gasteiger partial charge on any atom is 0.243 e. The van der Waals surface area contributed by atoms with Gasteiger partial charge in [-0.05, 0) is 49.2 Å². The molecule has 1 aromatic heterocycles. The van der Waals surface area contributed by atoms with Crippen LogP contribution in [0.5, 0.6) is 5.75 Å². The van der Waals surface area contributed by atoms with Crippen molar-refractivity contribution in [3.05, 3.63) is 66.0 Å². The van der Waals surface area contributed by atoms with Crippen LogP contribution in [-0.4, -0.2) is 22.8 Å². The maximum atomic E-state index is 12.8. The fourth-order valence-electron chi connectivity index (χ4n) is 3.42. The summed E-state index contributed by atoms with van der Waals surface area (Å²) in [6, 6.07) is 10.5. The minimum Gasteiger partial charge on any atom is -0.486 e. The lowest BCUT2D eigenvalue weighted by atomic mass is 9.83. The highest BCUT2D eigenvalue weighted by Crippen LogP contribution is 2.30. The third-order valence-electron chi connectivity index (χ3n) is 4.92. The van der Waals surface area contributed by atoms with Gasteiger partial charge in [-0.3, -0.25) is 14.6 Å². The summed E-state index contributed by atoms with van der Waals surface area (Å²) in [5.74, 6) is -0.153. The number of ether oxygens (including phenoxy) is 1. The Hall–Kier alpha value is -2.86. The smallest absolute Gasteiger partial charge is 0.243 e. The number of carbonyl (C=O) groups is 2. The molecule has 2 amide bonds. The van der Waals surface area contributed by atoms with Crippen LogP contribution in [0, 0.1) is 5.92 Å². The van der Waals surface area contributed by atoms with Crippen LogP contribution in [0.15, 0.2) is 55.3 Å². The molecular weight excluding hydrogens is 390 g/mol. The van der Waals surface area contributed by atoms with Gasteiger partial charge in [0.15, 0.2) is 0 Å². The van der Waals surface area contributed by atoms with E-state index in [0.717, 1.165) is 31.4 Å². The first-order valence-corrected chi connectivity index (χ1v) is 10.0. The van der Waals surface area contributed by atoms with Crippen LogP contribution >= 0.6 is 11.6 Å². The number of nitrogens with one attached hydrogen (secondary N) is 2. The van der Waals surface area contributed by atoms with Crippen LogP contribution in [0.3, 0.4) is 0 Å². The van der Waals surface area contributed by atoms with Crippen molar-refractivity contribution in [1.29, 1.82) is 0 Å². The molecule has 2 aromatic rings. The normalized spacial score (nSPS) is 18.5. The summed E-state index contributed by atoms with van der Waals surface area (Å²) in [6.45, 7) is 3.78. The fraction of sp³-hybridized carbons (Fsp3) is 0.318. The van der Waals surface area contributed by atoms with Gasteiger partial charge in [-0.15, -0.1) is 0 Å². The molecule has 29 heavy (non-hydrogen) atoms. The van der Waals surface area contributed by atoms with Crippen molar-refractivity contribution in [2.45, 2.75) is 38.3 Å². The highest BCUT2D eigenvalue weighted by molar-refractivity contribution is 6.32. The third kappa shape index (κ3) is 5.81. The van der Waals surface area contributed by atoms with Crippen molar-refractivity contribution in [3.63, 3.8) is 0 Å². The lowest BCUT2D eigenvalue weighted by molar-refractivity contribution is -0.123. The predicted molar refractivity (Wildman–Crippen MR) is 113 cm³/mol. The summed E-state index contributed by atoms with van der Waals surface area (Å²) in [7, 11) is 0. The van der Waals surface area contributed by atoms with Gasteiger partial charge in [-0.25, -0.2) is 0 Å². The molecule has 6 nitrogen and oxygen atoms in total. The van der Waals surface area contributed by atoms with Crippen molar-refractivity contribution in [2.75, 3.05) is 5.32 Å². The van der Waals surface area contributed by atoms with Gasteiger partial charge in [-0.1, -0.05) is 37.1 Å². The molecular formula is C22H24ClN3O3. The Balaban J connectivity index is 1.61. The summed E-state index contributed by atoms with van der Waals surface area (Å²) in [5, 5.41) is 6.18. The van der Waals surface area contributed by atoms with E-state index in [1.807, 2.05) is 18.2 Å². The highest BCUT2D eigenvalue weighted by atomic mass is 35.5. The molecule has 152 valence electrons. The van der Waals surface area contributed by atoms with Gasteiger partial charge in [-0.2, -0.15) is 0 Å². The Morgan fingerprint density at radius 2 is 2.07 bits per heavy atom. The number of nitrogens with zero attached hydrogens (tertiary/aromatic N) is 1. The van der Waals surface area contributed by atoms with Gasteiger partial charge in [0.05, 0.1) is 16.6 Å². The number of carbonyl (C=O) groups excluding carboxylic acids is 2. The summed E-state index contributed by atoms with van der Waals surface area (Å²) in [5.41, 5.74) is 1.38. The molecule has 1 heterocycles. The fourth-order valence-corrected chi connectivity index (χ4v) is 3.66. The van der Waals surface area contributed by atoms with Gasteiger partial charge in [0.2, 0.25) is 11.8 Å². The van der Waals surface area contributed by atoms with Crippen molar-refractivity contribution < 1.29 is 14.3 Å². The molecule has 1 saturated carbocycles. The van der Waals surface area contributed by atoms with E-state index in [0.29, 0.717) is 23.1 Å². The molecule has 0 aliphatic heterocycles. The molecule has 1 aliphatic rings. The van der Waals surface area contributed by atoms with Gasteiger partial charge in [0.1, 0.15) is 12.4 Å². The first-order chi connectivity index (χ1) is 14.1. The standard InChI is InChI=1S/C22H24ClN3O3/c1-2-21(27)26-19-9-4-3-8-17(19)22(28)25-15-10-11-20(18(23)13-15)29-14-16-7-5-6-12-24-16/h2,5-7,10-13,17,19H,1,3-4,8-9,14H2,(H,25,28)(H,26,27)/t17-,19+/m0/s1. The molecule has 0 saturated heterocycles.